The van der Waals surface area contributed by atoms with Crippen molar-refractivity contribution in [3.8, 4) is 11.1 Å². The van der Waals surface area contributed by atoms with Crippen molar-refractivity contribution in [2.45, 2.75) is 18.9 Å². The van der Waals surface area contributed by atoms with Crippen LogP contribution < -0.4 is 10.9 Å². The third-order valence-corrected chi connectivity index (χ3v) is 5.09. The molecule has 4 heterocycles. The van der Waals surface area contributed by atoms with Gasteiger partial charge >= 0.3 is 0 Å². The molecule has 0 aromatic carbocycles. The molecule has 1 atom stereocenters. The summed E-state index contributed by atoms with van der Waals surface area (Å²) in [5.74, 6) is -0.0188. The van der Waals surface area contributed by atoms with Gasteiger partial charge in [0.25, 0.3) is 5.56 Å². The number of H-pyrrole nitrogens is 1. The number of aromatic nitrogens is 3. The number of nitrogens with zero attached hydrogens (tertiary/aromatic N) is 3. The van der Waals surface area contributed by atoms with Gasteiger partial charge < -0.3 is 15.2 Å². The Kier molecular flexibility index (Phi) is 5.98. The first-order valence-corrected chi connectivity index (χ1v) is 9.94. The zero-order valence-corrected chi connectivity index (χ0v) is 16.5. The SMILES string of the molecule is O=C(C=CCc1ccccn1)N1CC[C@@H](Nc2cc(-c3ccncc3)c[nH]c2=O)C1. The number of likely N-dealkylation sites (tertiary alicyclic amines) is 1. The van der Waals surface area contributed by atoms with Crippen LogP contribution in [0.5, 0.6) is 0 Å². The average molecular weight is 401 g/mol. The topological polar surface area (TPSA) is 91.0 Å². The fourth-order valence-electron chi connectivity index (χ4n) is 3.50. The smallest absolute Gasteiger partial charge is 0.271 e. The minimum absolute atomic E-state index is 0.0188. The molecule has 3 aromatic heterocycles. The fraction of sp³-hybridized carbons (Fsp3) is 0.217. The Morgan fingerprint density at radius 1 is 1.20 bits per heavy atom. The van der Waals surface area contributed by atoms with E-state index in [0.717, 1.165) is 23.2 Å². The molecule has 1 aliphatic rings. The van der Waals surface area contributed by atoms with Crippen LogP contribution in [0.25, 0.3) is 11.1 Å². The number of carbonyl (C=O) groups is 1. The van der Waals surface area contributed by atoms with Crippen molar-refractivity contribution in [3.63, 3.8) is 0 Å². The van der Waals surface area contributed by atoms with Gasteiger partial charge in [0.15, 0.2) is 0 Å². The van der Waals surface area contributed by atoms with Crippen molar-refractivity contribution in [3.05, 3.63) is 89.4 Å². The van der Waals surface area contributed by atoms with Crippen LogP contribution in [0.2, 0.25) is 0 Å². The molecular weight excluding hydrogens is 378 g/mol. The van der Waals surface area contributed by atoms with Crippen LogP contribution in [0.4, 0.5) is 5.69 Å². The van der Waals surface area contributed by atoms with Gasteiger partial charge in [-0.15, -0.1) is 0 Å². The van der Waals surface area contributed by atoms with Crippen molar-refractivity contribution in [1.29, 1.82) is 0 Å². The van der Waals surface area contributed by atoms with E-state index in [0.29, 0.717) is 25.2 Å². The molecule has 7 nitrogen and oxygen atoms in total. The number of anilines is 1. The van der Waals surface area contributed by atoms with Gasteiger partial charge in [-0.1, -0.05) is 12.1 Å². The van der Waals surface area contributed by atoms with Crippen molar-refractivity contribution in [1.82, 2.24) is 19.9 Å². The van der Waals surface area contributed by atoms with E-state index in [2.05, 4.69) is 20.3 Å². The summed E-state index contributed by atoms with van der Waals surface area (Å²) in [6.07, 6.45) is 11.7. The highest BCUT2D eigenvalue weighted by Crippen LogP contribution is 2.20. The zero-order valence-electron chi connectivity index (χ0n) is 16.5. The Morgan fingerprint density at radius 2 is 2.07 bits per heavy atom. The Morgan fingerprint density at radius 3 is 2.87 bits per heavy atom. The Labute approximate surface area is 174 Å². The second kappa shape index (κ2) is 9.17. The standard InChI is InChI=1S/C23H23N5O2/c29-22(6-3-5-19-4-1-2-10-25-19)28-13-9-20(16-28)27-21-14-18(15-26-23(21)30)17-7-11-24-12-8-17/h1-4,6-8,10-12,14-15,20,27H,5,9,13,16H2,(H,26,30)/t20-/m1/s1. The Bertz CT molecular complexity index is 1080. The molecule has 0 radical (unpaired) electrons. The van der Waals surface area contributed by atoms with Gasteiger partial charge in [0, 0.05) is 61.6 Å². The first-order valence-electron chi connectivity index (χ1n) is 9.94. The maximum absolute atomic E-state index is 12.5. The van der Waals surface area contributed by atoms with Gasteiger partial charge in [-0.2, -0.15) is 0 Å². The highest BCUT2D eigenvalue weighted by Gasteiger charge is 2.25. The summed E-state index contributed by atoms with van der Waals surface area (Å²) >= 11 is 0. The lowest BCUT2D eigenvalue weighted by Gasteiger charge is -2.16. The number of nitrogens with one attached hydrogen (secondary N) is 2. The largest absolute Gasteiger partial charge is 0.376 e. The molecule has 30 heavy (non-hydrogen) atoms. The quantitative estimate of drug-likeness (QED) is 0.620. The van der Waals surface area contributed by atoms with E-state index in [1.807, 2.05) is 42.5 Å². The number of aromatic amines is 1. The van der Waals surface area contributed by atoms with Crippen LogP contribution in [0.15, 0.2) is 78.1 Å². The van der Waals surface area contributed by atoms with Crippen molar-refractivity contribution in [2.75, 3.05) is 18.4 Å². The number of rotatable bonds is 6. The highest BCUT2D eigenvalue weighted by molar-refractivity contribution is 5.87. The molecule has 1 fully saturated rings. The number of allylic oxidation sites excluding steroid dienone is 1. The zero-order chi connectivity index (χ0) is 20.8. The van der Waals surface area contributed by atoms with E-state index < -0.39 is 0 Å². The highest BCUT2D eigenvalue weighted by atomic mass is 16.2. The van der Waals surface area contributed by atoms with E-state index >= 15 is 0 Å². The fourth-order valence-corrected chi connectivity index (χ4v) is 3.50. The van der Waals surface area contributed by atoms with E-state index in [1.165, 1.54) is 0 Å². The third-order valence-electron chi connectivity index (χ3n) is 5.09. The molecule has 4 rings (SSSR count). The summed E-state index contributed by atoms with van der Waals surface area (Å²) in [7, 11) is 0. The lowest BCUT2D eigenvalue weighted by atomic mass is 10.1. The Hall–Kier alpha value is -3.74. The van der Waals surface area contributed by atoms with Crippen LogP contribution in [0.1, 0.15) is 12.1 Å². The van der Waals surface area contributed by atoms with Gasteiger partial charge in [-0.25, -0.2) is 0 Å². The van der Waals surface area contributed by atoms with Crippen LogP contribution >= 0.6 is 0 Å². The first kappa shape index (κ1) is 19.6. The Balaban J connectivity index is 1.36. The molecule has 1 aliphatic heterocycles. The maximum Gasteiger partial charge on any atom is 0.271 e. The average Bonchev–Trinajstić information content (AvgIpc) is 3.25. The third kappa shape index (κ3) is 4.81. The molecule has 0 spiro atoms. The lowest BCUT2D eigenvalue weighted by molar-refractivity contribution is -0.125. The maximum atomic E-state index is 12.5. The molecule has 1 saturated heterocycles. The molecule has 3 aromatic rings. The molecule has 7 heteroatoms. The van der Waals surface area contributed by atoms with Crippen LogP contribution in [-0.4, -0.2) is 44.9 Å². The van der Waals surface area contributed by atoms with Crippen LogP contribution in [0, 0.1) is 0 Å². The molecule has 152 valence electrons. The molecule has 0 bridgehead atoms. The van der Waals surface area contributed by atoms with Crippen molar-refractivity contribution < 1.29 is 4.79 Å². The number of carbonyl (C=O) groups excluding carboxylic acids is 1. The molecule has 1 amide bonds. The molecule has 0 unspecified atom stereocenters. The monoisotopic (exact) mass is 401 g/mol. The van der Waals surface area contributed by atoms with E-state index in [-0.39, 0.29) is 17.5 Å². The number of hydrogen-bond donors (Lipinski definition) is 2. The van der Waals surface area contributed by atoms with E-state index in [4.69, 9.17) is 0 Å². The summed E-state index contributed by atoms with van der Waals surface area (Å²) in [5, 5.41) is 3.30. The van der Waals surface area contributed by atoms with Gasteiger partial charge in [0.1, 0.15) is 5.69 Å². The predicted molar refractivity (Wildman–Crippen MR) is 116 cm³/mol. The normalized spacial score (nSPS) is 16.1. The second-order valence-corrected chi connectivity index (χ2v) is 7.21. The number of amides is 1. The number of hydrogen-bond acceptors (Lipinski definition) is 5. The van der Waals surface area contributed by atoms with E-state index in [9.17, 15) is 9.59 Å². The summed E-state index contributed by atoms with van der Waals surface area (Å²) < 4.78 is 0. The molecule has 2 N–H and O–H groups in total. The summed E-state index contributed by atoms with van der Waals surface area (Å²) in [6.45, 7) is 1.22. The predicted octanol–water partition coefficient (Wildman–Crippen LogP) is 2.64. The minimum Gasteiger partial charge on any atom is -0.376 e. The molecular formula is C23H23N5O2. The summed E-state index contributed by atoms with van der Waals surface area (Å²) in [5.41, 5.74) is 3.14. The van der Waals surface area contributed by atoms with Gasteiger partial charge in [-0.3, -0.25) is 19.6 Å². The van der Waals surface area contributed by atoms with Crippen LogP contribution in [0.3, 0.4) is 0 Å². The second-order valence-electron chi connectivity index (χ2n) is 7.21. The number of pyridine rings is 3. The van der Waals surface area contributed by atoms with Gasteiger partial charge in [0.05, 0.1) is 0 Å². The lowest BCUT2D eigenvalue weighted by Crippen LogP contribution is -2.31. The van der Waals surface area contributed by atoms with Gasteiger partial charge in [-0.05, 0) is 48.4 Å². The summed E-state index contributed by atoms with van der Waals surface area (Å²) in [4.78, 5) is 37.6. The minimum atomic E-state index is -0.173. The first-order chi connectivity index (χ1) is 14.7. The molecule has 0 saturated carbocycles. The van der Waals surface area contributed by atoms with Crippen LogP contribution in [-0.2, 0) is 11.2 Å². The van der Waals surface area contributed by atoms with Gasteiger partial charge in [0.2, 0.25) is 5.91 Å². The summed E-state index contributed by atoms with van der Waals surface area (Å²) in [6, 6.07) is 11.4. The van der Waals surface area contributed by atoms with E-state index in [1.54, 1.807) is 35.8 Å². The molecule has 0 aliphatic carbocycles. The van der Waals surface area contributed by atoms with Crippen molar-refractivity contribution >= 4 is 11.6 Å². The van der Waals surface area contributed by atoms with Crippen molar-refractivity contribution in [2.24, 2.45) is 0 Å².